The third-order valence-electron chi connectivity index (χ3n) is 1.48. The lowest BCUT2D eigenvalue weighted by molar-refractivity contribution is -0.477. The second kappa shape index (κ2) is 3.60. The van der Waals surface area contributed by atoms with Gasteiger partial charge in [0.15, 0.2) is 0 Å². The monoisotopic (exact) mass is 271 g/mol. The minimum absolute atomic E-state index is 3.94. The standard InChI is InChI=1S/C4F11N/c5-2(6,7)1(16(14)15,3(8,9)10)4(11,12)13. The topological polar surface area (TPSA) is 3.24 Å². The van der Waals surface area contributed by atoms with Crippen LogP contribution in [0.4, 0.5) is 48.5 Å². The van der Waals surface area contributed by atoms with Crippen LogP contribution in [-0.2, 0) is 0 Å². The third kappa shape index (κ3) is 1.89. The molecule has 0 fully saturated rings. The van der Waals surface area contributed by atoms with Crippen LogP contribution in [0.1, 0.15) is 0 Å². The first-order chi connectivity index (χ1) is 6.69. The first-order valence-corrected chi connectivity index (χ1v) is 3.01. The third-order valence-corrected chi connectivity index (χ3v) is 1.48. The van der Waals surface area contributed by atoms with Crippen molar-refractivity contribution in [2.75, 3.05) is 0 Å². The Kier molecular flexibility index (Phi) is 3.42. The predicted molar refractivity (Wildman–Crippen MR) is 25.0 cm³/mol. The lowest BCUT2D eigenvalue weighted by Gasteiger charge is -2.37. The van der Waals surface area contributed by atoms with Crippen molar-refractivity contribution in [3.05, 3.63) is 0 Å². The summed E-state index contributed by atoms with van der Waals surface area (Å²) in [4.78, 5) is 0. The summed E-state index contributed by atoms with van der Waals surface area (Å²) in [5.74, 6) is 0. The SMILES string of the molecule is FN(F)C(C(F)(F)F)(C(F)(F)F)C(F)(F)F. The summed E-state index contributed by atoms with van der Waals surface area (Å²) in [6.45, 7) is 0. The van der Waals surface area contributed by atoms with Crippen LogP contribution in [0.3, 0.4) is 0 Å². The Morgan fingerprint density at radius 1 is 0.500 bits per heavy atom. The van der Waals surface area contributed by atoms with Gasteiger partial charge in [-0.2, -0.15) is 39.5 Å². The Hall–Kier alpha value is -0.810. The molecule has 98 valence electrons. The highest BCUT2D eigenvalue weighted by molar-refractivity contribution is 5.05. The van der Waals surface area contributed by atoms with E-state index in [1.807, 2.05) is 0 Å². The van der Waals surface area contributed by atoms with E-state index in [1.54, 1.807) is 0 Å². The van der Waals surface area contributed by atoms with Crippen LogP contribution < -0.4 is 0 Å². The number of alkyl halides is 9. The molecule has 0 aromatic carbocycles. The molecule has 0 N–H and O–H groups in total. The van der Waals surface area contributed by atoms with Gasteiger partial charge >= 0.3 is 24.1 Å². The van der Waals surface area contributed by atoms with Gasteiger partial charge in [-0.05, 0) is 0 Å². The van der Waals surface area contributed by atoms with Gasteiger partial charge in [-0.25, -0.2) is 0 Å². The zero-order valence-electron chi connectivity index (χ0n) is 6.60. The van der Waals surface area contributed by atoms with E-state index in [-0.39, 0.29) is 0 Å². The van der Waals surface area contributed by atoms with Crippen molar-refractivity contribution in [2.24, 2.45) is 0 Å². The molecule has 12 heteroatoms. The molecule has 0 heterocycles. The van der Waals surface area contributed by atoms with E-state index < -0.39 is 29.4 Å². The van der Waals surface area contributed by atoms with Crippen LogP contribution in [0.15, 0.2) is 0 Å². The van der Waals surface area contributed by atoms with Gasteiger partial charge in [0.1, 0.15) is 0 Å². The van der Waals surface area contributed by atoms with Gasteiger partial charge in [0.05, 0.1) is 5.34 Å². The van der Waals surface area contributed by atoms with Crippen LogP contribution >= 0.6 is 0 Å². The molecule has 0 rings (SSSR count). The van der Waals surface area contributed by atoms with Gasteiger partial charge in [-0.3, -0.25) is 0 Å². The maximum atomic E-state index is 11.7. The summed E-state index contributed by atoms with van der Waals surface area (Å²) < 4.78 is 128. The molecule has 0 bridgehead atoms. The average Bonchev–Trinajstić information content (AvgIpc) is 1.71. The molecule has 16 heavy (non-hydrogen) atoms. The summed E-state index contributed by atoms with van der Waals surface area (Å²) in [7, 11) is 0. The van der Waals surface area contributed by atoms with E-state index in [4.69, 9.17) is 0 Å². The zero-order chi connectivity index (χ0) is 13.6. The second-order valence-electron chi connectivity index (χ2n) is 2.44. The second-order valence-corrected chi connectivity index (χ2v) is 2.44. The van der Waals surface area contributed by atoms with Crippen molar-refractivity contribution in [2.45, 2.75) is 24.1 Å². The Labute approximate surface area is 79.3 Å². The van der Waals surface area contributed by atoms with E-state index in [1.165, 1.54) is 0 Å². The Balaban J connectivity index is 6.05. The maximum absolute atomic E-state index is 11.7. The van der Waals surface area contributed by atoms with Gasteiger partial charge in [0.25, 0.3) is 0 Å². The summed E-state index contributed by atoms with van der Waals surface area (Å²) in [5.41, 5.74) is -7.19. The molecular weight excluding hydrogens is 271 g/mol. The molecule has 0 radical (unpaired) electrons. The van der Waals surface area contributed by atoms with Crippen LogP contribution in [0.2, 0.25) is 0 Å². The van der Waals surface area contributed by atoms with Crippen molar-refractivity contribution < 1.29 is 48.5 Å². The number of rotatable bonds is 1. The predicted octanol–water partition coefficient (Wildman–Crippen LogP) is 3.48. The lowest BCUT2D eigenvalue weighted by atomic mass is 9.98. The fraction of sp³-hybridized carbons (Fsp3) is 1.00. The number of nitrogens with zero attached hydrogens (tertiary/aromatic N) is 1. The van der Waals surface area contributed by atoms with Crippen molar-refractivity contribution >= 4 is 0 Å². The fourth-order valence-electron chi connectivity index (χ4n) is 0.770. The Bertz CT molecular complexity index is 206. The first kappa shape index (κ1) is 15.2. The summed E-state index contributed by atoms with van der Waals surface area (Å²) in [6, 6.07) is 0. The molecule has 1 nitrogen and oxygen atoms in total. The van der Waals surface area contributed by atoms with Crippen LogP contribution in [-0.4, -0.2) is 29.4 Å². The number of halogens is 11. The molecular formula is C4F11N. The average molecular weight is 271 g/mol. The largest absolute Gasteiger partial charge is 0.430 e. The number of hydrogen-bond acceptors (Lipinski definition) is 1. The van der Waals surface area contributed by atoms with E-state index in [0.717, 1.165) is 0 Å². The number of hydrogen-bond donors (Lipinski definition) is 0. The molecule has 0 aliphatic heterocycles. The summed E-state index contributed by atoms with van der Waals surface area (Å²) >= 11 is 0. The van der Waals surface area contributed by atoms with E-state index in [0.29, 0.717) is 0 Å². The van der Waals surface area contributed by atoms with Gasteiger partial charge in [-0.1, -0.05) is 8.96 Å². The normalized spacial score (nSPS) is 15.8. The molecule has 0 amide bonds. The van der Waals surface area contributed by atoms with Gasteiger partial charge in [-0.15, -0.1) is 0 Å². The highest BCUT2D eigenvalue weighted by Gasteiger charge is 2.89. The smallest absolute Gasteiger partial charge is 0.168 e. The zero-order valence-corrected chi connectivity index (χ0v) is 6.60. The van der Waals surface area contributed by atoms with Crippen LogP contribution in [0.25, 0.3) is 0 Å². The van der Waals surface area contributed by atoms with Crippen LogP contribution in [0.5, 0.6) is 0 Å². The Morgan fingerprint density at radius 2 is 0.688 bits per heavy atom. The van der Waals surface area contributed by atoms with Crippen molar-refractivity contribution in [3.63, 3.8) is 0 Å². The van der Waals surface area contributed by atoms with Crippen molar-refractivity contribution in [3.8, 4) is 0 Å². The highest BCUT2D eigenvalue weighted by atomic mass is 19.4. The molecule has 0 spiro atoms. The molecule has 0 aliphatic carbocycles. The fourth-order valence-corrected chi connectivity index (χ4v) is 0.770. The first-order valence-electron chi connectivity index (χ1n) is 3.01. The lowest BCUT2D eigenvalue weighted by Crippen LogP contribution is -2.71. The summed E-state index contributed by atoms with van der Waals surface area (Å²) in [5, 5.41) is -3.94. The maximum Gasteiger partial charge on any atom is 0.430 e. The van der Waals surface area contributed by atoms with Crippen molar-refractivity contribution in [1.29, 1.82) is 0 Å². The molecule has 0 aromatic rings. The quantitative estimate of drug-likeness (QED) is 0.521. The molecule has 0 aromatic heterocycles. The molecule has 0 aliphatic rings. The van der Waals surface area contributed by atoms with E-state index in [2.05, 4.69) is 0 Å². The van der Waals surface area contributed by atoms with Gasteiger partial charge in [0, 0.05) is 0 Å². The van der Waals surface area contributed by atoms with Gasteiger partial charge < -0.3 is 0 Å². The van der Waals surface area contributed by atoms with E-state index >= 15 is 0 Å². The van der Waals surface area contributed by atoms with Gasteiger partial charge in [0.2, 0.25) is 0 Å². The molecule has 0 saturated carbocycles. The van der Waals surface area contributed by atoms with E-state index in [9.17, 15) is 48.5 Å². The molecule has 0 saturated heterocycles. The highest BCUT2D eigenvalue weighted by Crippen LogP contribution is 2.56. The van der Waals surface area contributed by atoms with Crippen LogP contribution in [0, 0.1) is 0 Å². The molecule has 0 unspecified atom stereocenters. The Morgan fingerprint density at radius 3 is 0.688 bits per heavy atom. The summed E-state index contributed by atoms with van der Waals surface area (Å²) in [6.07, 6.45) is -21.8. The van der Waals surface area contributed by atoms with Crippen molar-refractivity contribution in [1.82, 2.24) is 5.34 Å². The molecule has 0 atom stereocenters. The minimum Gasteiger partial charge on any atom is -0.168 e. The minimum atomic E-state index is -7.27.